The molecule has 1 rings (SSSR count). The summed E-state index contributed by atoms with van der Waals surface area (Å²) in [7, 11) is 0. The minimum atomic E-state index is 0.306. The highest BCUT2D eigenvalue weighted by Gasteiger charge is 1.96. The van der Waals surface area contributed by atoms with Gasteiger partial charge in [0.05, 0.1) is 6.54 Å². The molecule has 4 N–H and O–H groups in total. The van der Waals surface area contributed by atoms with Crippen LogP contribution in [-0.2, 0) is 6.54 Å². The minimum absolute atomic E-state index is 0.306. The molecule has 50 valence electrons. The zero-order valence-corrected chi connectivity index (χ0v) is 4.86. The van der Waals surface area contributed by atoms with Crippen molar-refractivity contribution in [2.75, 3.05) is 12.3 Å². The number of nitrogens with two attached hydrogens (primary N) is 2. The molecule has 0 fully saturated rings. The van der Waals surface area contributed by atoms with Crippen molar-refractivity contribution in [1.82, 2.24) is 20.2 Å². The number of aromatic nitrogens is 4. The molecule has 0 aromatic carbocycles. The molecule has 0 radical (unpaired) electrons. The normalized spacial score (nSPS) is 9.89. The second-order valence-electron chi connectivity index (χ2n) is 1.55. The Morgan fingerprint density at radius 2 is 2.33 bits per heavy atom. The summed E-state index contributed by atoms with van der Waals surface area (Å²) in [5.41, 5.74) is 10.5. The van der Waals surface area contributed by atoms with Crippen LogP contribution in [0.2, 0.25) is 0 Å². The van der Waals surface area contributed by atoms with Gasteiger partial charge in [0.25, 0.3) is 0 Å². The molecule has 1 heterocycles. The highest BCUT2D eigenvalue weighted by Crippen LogP contribution is 1.88. The second kappa shape index (κ2) is 2.40. The van der Waals surface area contributed by atoms with Crippen LogP contribution in [0.1, 0.15) is 0 Å². The predicted molar refractivity (Wildman–Crippen MR) is 31.3 cm³/mol. The van der Waals surface area contributed by atoms with E-state index in [2.05, 4.69) is 15.5 Å². The van der Waals surface area contributed by atoms with Crippen LogP contribution in [-0.4, -0.2) is 26.8 Å². The Morgan fingerprint density at radius 3 is 2.78 bits per heavy atom. The molecular weight excluding hydrogens is 120 g/mol. The summed E-state index contributed by atoms with van der Waals surface area (Å²) in [6.45, 7) is 1.06. The van der Waals surface area contributed by atoms with Crippen molar-refractivity contribution in [2.24, 2.45) is 5.73 Å². The van der Waals surface area contributed by atoms with Crippen molar-refractivity contribution < 1.29 is 0 Å². The van der Waals surface area contributed by atoms with E-state index in [-0.39, 0.29) is 0 Å². The molecule has 0 saturated carbocycles. The molecule has 1 aromatic heterocycles. The Balaban J connectivity index is 2.69. The molecule has 0 aliphatic carbocycles. The summed E-state index contributed by atoms with van der Waals surface area (Å²) < 4.78 is 1.44. The molecule has 0 spiro atoms. The van der Waals surface area contributed by atoms with E-state index in [9.17, 15) is 0 Å². The van der Waals surface area contributed by atoms with Crippen LogP contribution >= 0.6 is 0 Å². The molecule has 0 saturated heterocycles. The zero-order valence-electron chi connectivity index (χ0n) is 4.86. The van der Waals surface area contributed by atoms with Crippen molar-refractivity contribution in [3.8, 4) is 0 Å². The van der Waals surface area contributed by atoms with Crippen LogP contribution in [0.5, 0.6) is 0 Å². The first-order chi connectivity index (χ1) is 4.34. The first-order valence-electron chi connectivity index (χ1n) is 2.56. The van der Waals surface area contributed by atoms with Gasteiger partial charge in [-0.15, -0.1) is 0 Å². The van der Waals surface area contributed by atoms with Crippen LogP contribution in [0.25, 0.3) is 0 Å². The van der Waals surface area contributed by atoms with Gasteiger partial charge in [-0.3, -0.25) is 0 Å². The largest absolute Gasteiger partial charge is 0.367 e. The van der Waals surface area contributed by atoms with Crippen molar-refractivity contribution in [3.05, 3.63) is 0 Å². The topological polar surface area (TPSA) is 95.6 Å². The predicted octanol–water partition coefficient (Wildman–Crippen LogP) is -1.79. The Hall–Kier alpha value is -1.17. The lowest BCUT2D eigenvalue weighted by molar-refractivity contribution is 0.604. The van der Waals surface area contributed by atoms with Crippen LogP contribution in [0.4, 0.5) is 5.95 Å². The average Bonchev–Trinajstić information content (AvgIpc) is 2.18. The van der Waals surface area contributed by atoms with Crippen LogP contribution < -0.4 is 11.5 Å². The smallest absolute Gasteiger partial charge is 0.240 e. The number of nitrogen functional groups attached to an aromatic ring is 1. The number of hydrogen-bond donors (Lipinski definition) is 2. The van der Waals surface area contributed by atoms with E-state index in [1.807, 2.05) is 0 Å². The second-order valence-corrected chi connectivity index (χ2v) is 1.55. The lowest BCUT2D eigenvalue weighted by Gasteiger charge is -1.94. The van der Waals surface area contributed by atoms with Crippen molar-refractivity contribution in [1.29, 1.82) is 0 Å². The molecule has 0 aliphatic rings. The summed E-state index contributed by atoms with van der Waals surface area (Å²) in [4.78, 5) is 0. The number of nitrogens with zero attached hydrogens (tertiary/aromatic N) is 4. The fraction of sp³-hybridized carbons (Fsp3) is 0.667. The molecule has 0 amide bonds. The summed E-state index contributed by atoms with van der Waals surface area (Å²) in [6.07, 6.45) is 0. The van der Waals surface area contributed by atoms with E-state index < -0.39 is 0 Å². The quantitative estimate of drug-likeness (QED) is 0.490. The van der Waals surface area contributed by atoms with Gasteiger partial charge in [-0.2, -0.15) is 0 Å². The first-order valence-corrected chi connectivity index (χ1v) is 2.56. The highest BCUT2D eigenvalue weighted by molar-refractivity contribution is 5.09. The Kier molecular flexibility index (Phi) is 1.59. The summed E-state index contributed by atoms with van der Waals surface area (Å²) in [5.74, 6) is 0.306. The zero-order chi connectivity index (χ0) is 6.69. The number of rotatable bonds is 2. The first kappa shape index (κ1) is 5.96. The lowest BCUT2D eigenvalue weighted by atomic mass is 10.7. The molecule has 0 unspecified atom stereocenters. The Labute approximate surface area is 51.8 Å². The number of anilines is 1. The van der Waals surface area contributed by atoms with Crippen molar-refractivity contribution in [3.63, 3.8) is 0 Å². The molecule has 0 aliphatic heterocycles. The maximum absolute atomic E-state index is 5.30. The van der Waals surface area contributed by atoms with E-state index in [0.29, 0.717) is 19.0 Å². The molecule has 0 atom stereocenters. The van der Waals surface area contributed by atoms with Gasteiger partial charge in [-0.25, -0.2) is 4.68 Å². The third-order valence-corrected chi connectivity index (χ3v) is 0.901. The molecular formula is C3H8N6. The summed E-state index contributed by atoms with van der Waals surface area (Å²) in [6, 6.07) is 0. The molecule has 6 heteroatoms. The Morgan fingerprint density at radius 1 is 1.56 bits per heavy atom. The van der Waals surface area contributed by atoms with Crippen LogP contribution in [0.15, 0.2) is 0 Å². The fourth-order valence-electron chi connectivity index (χ4n) is 0.493. The van der Waals surface area contributed by atoms with Gasteiger partial charge in [0.2, 0.25) is 5.95 Å². The van der Waals surface area contributed by atoms with Crippen LogP contribution in [0, 0.1) is 0 Å². The van der Waals surface area contributed by atoms with Crippen molar-refractivity contribution >= 4 is 5.95 Å². The standard InChI is InChI=1S/C3H8N6/c4-1-2-9-3(5)6-7-8-9/h1-2,4H2,(H2,5,6,8). The van der Waals surface area contributed by atoms with E-state index in [0.717, 1.165) is 0 Å². The third-order valence-electron chi connectivity index (χ3n) is 0.901. The molecule has 1 aromatic rings. The molecule has 0 bridgehead atoms. The van der Waals surface area contributed by atoms with Gasteiger partial charge in [-0.05, 0) is 10.4 Å². The minimum Gasteiger partial charge on any atom is -0.367 e. The van der Waals surface area contributed by atoms with Gasteiger partial charge < -0.3 is 11.5 Å². The molecule has 9 heavy (non-hydrogen) atoms. The van der Waals surface area contributed by atoms with Gasteiger partial charge in [0.1, 0.15) is 0 Å². The number of hydrogen-bond acceptors (Lipinski definition) is 5. The highest BCUT2D eigenvalue weighted by atomic mass is 15.6. The van der Waals surface area contributed by atoms with Gasteiger partial charge in [0, 0.05) is 6.54 Å². The summed E-state index contributed by atoms with van der Waals surface area (Å²) in [5, 5.41) is 10.3. The third kappa shape index (κ3) is 1.14. The maximum atomic E-state index is 5.30. The Bertz CT molecular complexity index is 180. The van der Waals surface area contributed by atoms with Gasteiger partial charge >= 0.3 is 0 Å². The number of tetrazole rings is 1. The van der Waals surface area contributed by atoms with Gasteiger partial charge in [-0.1, -0.05) is 5.10 Å². The van der Waals surface area contributed by atoms with E-state index in [4.69, 9.17) is 11.5 Å². The molecule has 6 nitrogen and oxygen atoms in total. The monoisotopic (exact) mass is 128 g/mol. The fourth-order valence-corrected chi connectivity index (χ4v) is 0.493. The van der Waals surface area contributed by atoms with E-state index in [1.54, 1.807) is 0 Å². The van der Waals surface area contributed by atoms with E-state index in [1.165, 1.54) is 4.68 Å². The average molecular weight is 128 g/mol. The summed E-state index contributed by atoms with van der Waals surface area (Å²) >= 11 is 0. The SMILES string of the molecule is NCCn1nnnc1N. The van der Waals surface area contributed by atoms with Crippen LogP contribution in [0.3, 0.4) is 0 Å². The van der Waals surface area contributed by atoms with Gasteiger partial charge in [0.15, 0.2) is 0 Å². The maximum Gasteiger partial charge on any atom is 0.240 e. The van der Waals surface area contributed by atoms with E-state index >= 15 is 0 Å². The van der Waals surface area contributed by atoms with Crippen molar-refractivity contribution in [2.45, 2.75) is 6.54 Å². The lowest BCUT2D eigenvalue weighted by Crippen LogP contribution is -2.13.